The minimum Gasteiger partial charge on any atom is -0.370 e. The second-order valence-electron chi connectivity index (χ2n) is 2.96. The number of ether oxygens (including phenoxy) is 1. The summed E-state index contributed by atoms with van der Waals surface area (Å²) in [5.74, 6) is 0.537. The molecule has 0 spiro atoms. The molecule has 1 saturated heterocycles. The largest absolute Gasteiger partial charge is 0.370 e. The highest BCUT2D eigenvalue weighted by Crippen LogP contribution is 2.25. The van der Waals surface area contributed by atoms with Crippen molar-refractivity contribution in [3.8, 4) is 0 Å². The quantitative estimate of drug-likeness (QED) is 0.695. The zero-order chi connectivity index (χ0) is 9.26. The predicted octanol–water partition coefficient (Wildman–Crippen LogP) is 1.27. The van der Waals surface area contributed by atoms with Crippen LogP contribution in [0, 0.1) is 0 Å². The van der Waals surface area contributed by atoms with Gasteiger partial charge in [-0.05, 0) is 12.8 Å². The van der Waals surface area contributed by atoms with Crippen LogP contribution >= 0.6 is 11.6 Å². The minimum atomic E-state index is -0.231. The fourth-order valence-electron chi connectivity index (χ4n) is 1.39. The van der Waals surface area contributed by atoms with Crippen molar-refractivity contribution >= 4 is 11.6 Å². The summed E-state index contributed by atoms with van der Waals surface area (Å²) in [5.41, 5.74) is -0.231. The van der Waals surface area contributed by atoms with Crippen LogP contribution in [0.4, 0.5) is 0 Å². The molecule has 0 radical (unpaired) electrons. The van der Waals surface area contributed by atoms with Crippen molar-refractivity contribution in [3.63, 3.8) is 0 Å². The third-order valence-corrected chi connectivity index (χ3v) is 2.16. The number of hydrogen-bond acceptors (Lipinski definition) is 3. The number of rotatable bonds is 1. The number of aromatic amines is 1. The maximum atomic E-state index is 11.0. The van der Waals surface area contributed by atoms with Crippen LogP contribution in [-0.2, 0) is 4.74 Å². The summed E-state index contributed by atoms with van der Waals surface area (Å²) in [5, 5.41) is 0.217. The van der Waals surface area contributed by atoms with E-state index < -0.39 is 0 Å². The van der Waals surface area contributed by atoms with E-state index in [1.807, 2.05) is 0 Å². The summed E-state index contributed by atoms with van der Waals surface area (Å²) in [4.78, 5) is 17.6. The number of nitrogens with one attached hydrogen (secondary N) is 1. The van der Waals surface area contributed by atoms with E-state index in [0.29, 0.717) is 5.82 Å². The second-order valence-corrected chi connectivity index (χ2v) is 3.34. The normalized spacial score (nSPS) is 22.1. The lowest BCUT2D eigenvalue weighted by Gasteiger charge is -2.07. The first-order valence-corrected chi connectivity index (χ1v) is 4.52. The molecule has 0 bridgehead atoms. The Morgan fingerprint density at radius 1 is 1.69 bits per heavy atom. The van der Waals surface area contributed by atoms with Gasteiger partial charge in [0, 0.05) is 12.7 Å². The Labute approximate surface area is 79.9 Å². The molecule has 1 aliphatic heterocycles. The van der Waals surface area contributed by atoms with Crippen molar-refractivity contribution < 1.29 is 4.74 Å². The number of aromatic nitrogens is 2. The molecule has 5 heteroatoms. The average Bonchev–Trinajstić information content (AvgIpc) is 2.53. The molecule has 0 saturated carbocycles. The van der Waals surface area contributed by atoms with Crippen LogP contribution in [0.5, 0.6) is 0 Å². The van der Waals surface area contributed by atoms with Gasteiger partial charge in [-0.1, -0.05) is 11.6 Å². The van der Waals surface area contributed by atoms with E-state index in [-0.39, 0.29) is 16.8 Å². The summed E-state index contributed by atoms with van der Waals surface area (Å²) >= 11 is 5.64. The summed E-state index contributed by atoms with van der Waals surface area (Å²) in [7, 11) is 0. The highest BCUT2D eigenvalue weighted by atomic mass is 35.5. The Morgan fingerprint density at radius 2 is 2.54 bits per heavy atom. The fourth-order valence-corrected chi connectivity index (χ4v) is 1.58. The molecule has 1 aromatic heterocycles. The fraction of sp³-hybridized carbons (Fsp3) is 0.500. The predicted molar refractivity (Wildman–Crippen MR) is 47.8 cm³/mol. The molecule has 0 unspecified atom stereocenters. The Morgan fingerprint density at radius 3 is 3.15 bits per heavy atom. The zero-order valence-corrected chi connectivity index (χ0v) is 7.67. The summed E-state index contributed by atoms with van der Waals surface area (Å²) in [6.45, 7) is 0.723. The van der Waals surface area contributed by atoms with Crippen LogP contribution in [0.2, 0.25) is 5.15 Å². The summed E-state index contributed by atoms with van der Waals surface area (Å²) < 4.78 is 5.36. The first-order chi connectivity index (χ1) is 6.25. The molecule has 0 amide bonds. The van der Waals surface area contributed by atoms with E-state index in [1.165, 1.54) is 6.07 Å². The molecule has 1 N–H and O–H groups in total. The van der Waals surface area contributed by atoms with E-state index in [1.54, 1.807) is 0 Å². The Kier molecular flexibility index (Phi) is 2.33. The van der Waals surface area contributed by atoms with Crippen molar-refractivity contribution in [2.75, 3.05) is 6.61 Å². The van der Waals surface area contributed by atoms with Crippen LogP contribution in [0.15, 0.2) is 10.9 Å². The summed E-state index contributed by atoms with van der Waals surface area (Å²) in [6, 6.07) is 1.25. The molecule has 2 rings (SSSR count). The first-order valence-electron chi connectivity index (χ1n) is 4.14. The molecule has 70 valence electrons. The van der Waals surface area contributed by atoms with Crippen molar-refractivity contribution in [2.45, 2.75) is 18.9 Å². The van der Waals surface area contributed by atoms with Crippen LogP contribution in [0.1, 0.15) is 24.8 Å². The molecule has 0 aliphatic carbocycles. The van der Waals surface area contributed by atoms with Crippen LogP contribution in [-0.4, -0.2) is 16.6 Å². The van der Waals surface area contributed by atoms with Gasteiger partial charge in [-0.25, -0.2) is 4.98 Å². The molecule has 1 aromatic rings. The molecule has 4 nitrogen and oxygen atoms in total. The van der Waals surface area contributed by atoms with Gasteiger partial charge in [0.1, 0.15) is 17.1 Å². The van der Waals surface area contributed by atoms with Gasteiger partial charge in [-0.15, -0.1) is 0 Å². The van der Waals surface area contributed by atoms with Crippen molar-refractivity contribution in [1.82, 2.24) is 9.97 Å². The van der Waals surface area contributed by atoms with E-state index in [4.69, 9.17) is 16.3 Å². The van der Waals surface area contributed by atoms with Crippen molar-refractivity contribution in [2.24, 2.45) is 0 Å². The molecular weight excluding hydrogens is 192 g/mol. The Hall–Kier alpha value is -0.870. The lowest BCUT2D eigenvalue weighted by molar-refractivity contribution is 0.105. The van der Waals surface area contributed by atoms with Crippen LogP contribution in [0.3, 0.4) is 0 Å². The highest BCUT2D eigenvalue weighted by molar-refractivity contribution is 6.29. The van der Waals surface area contributed by atoms with Gasteiger partial charge in [0.15, 0.2) is 0 Å². The van der Waals surface area contributed by atoms with E-state index in [2.05, 4.69) is 9.97 Å². The maximum Gasteiger partial charge on any atom is 0.252 e. The standard InChI is InChI=1S/C8H9ClN2O2/c9-6-4-7(12)11-8(10-6)5-2-1-3-13-5/h4-5H,1-3H2,(H,10,11,12)/t5-/m0/s1. The molecule has 1 fully saturated rings. The number of H-pyrrole nitrogens is 1. The third kappa shape index (κ3) is 1.89. The molecule has 1 aliphatic rings. The number of nitrogens with zero attached hydrogens (tertiary/aromatic N) is 1. The Bertz CT molecular complexity index is 357. The van der Waals surface area contributed by atoms with Gasteiger partial charge in [0.05, 0.1) is 0 Å². The molecule has 0 aromatic carbocycles. The SMILES string of the molecule is O=c1cc(Cl)nc([C@@H]2CCCO2)[nH]1. The zero-order valence-electron chi connectivity index (χ0n) is 6.92. The molecule has 1 atom stereocenters. The van der Waals surface area contributed by atoms with E-state index in [9.17, 15) is 4.79 Å². The number of hydrogen-bond donors (Lipinski definition) is 1. The van der Waals surface area contributed by atoms with Gasteiger partial charge in [-0.2, -0.15) is 0 Å². The second kappa shape index (κ2) is 3.47. The van der Waals surface area contributed by atoms with E-state index >= 15 is 0 Å². The monoisotopic (exact) mass is 200 g/mol. The van der Waals surface area contributed by atoms with E-state index in [0.717, 1.165) is 19.4 Å². The van der Waals surface area contributed by atoms with Crippen molar-refractivity contribution in [1.29, 1.82) is 0 Å². The molecular formula is C8H9ClN2O2. The van der Waals surface area contributed by atoms with Gasteiger partial charge in [0.25, 0.3) is 5.56 Å². The lowest BCUT2D eigenvalue weighted by atomic mass is 10.2. The lowest BCUT2D eigenvalue weighted by Crippen LogP contribution is -2.13. The topological polar surface area (TPSA) is 55.0 Å². The summed E-state index contributed by atoms with van der Waals surface area (Å²) in [6.07, 6.45) is 1.80. The first kappa shape index (κ1) is 8.72. The third-order valence-electron chi connectivity index (χ3n) is 1.96. The van der Waals surface area contributed by atoms with Crippen LogP contribution in [0.25, 0.3) is 0 Å². The minimum absolute atomic E-state index is 0.0913. The van der Waals surface area contributed by atoms with Crippen LogP contribution < -0.4 is 5.56 Å². The Balaban J connectivity index is 2.33. The average molecular weight is 201 g/mol. The van der Waals surface area contributed by atoms with Gasteiger partial charge >= 0.3 is 0 Å². The van der Waals surface area contributed by atoms with Gasteiger partial charge in [0.2, 0.25) is 0 Å². The maximum absolute atomic E-state index is 11.0. The van der Waals surface area contributed by atoms with Crippen molar-refractivity contribution in [3.05, 3.63) is 27.4 Å². The van der Waals surface area contributed by atoms with Gasteiger partial charge < -0.3 is 9.72 Å². The van der Waals surface area contributed by atoms with Gasteiger partial charge in [-0.3, -0.25) is 4.79 Å². The number of halogens is 1. The molecule has 13 heavy (non-hydrogen) atoms. The highest BCUT2D eigenvalue weighted by Gasteiger charge is 2.20. The smallest absolute Gasteiger partial charge is 0.252 e. The molecule has 2 heterocycles.